The van der Waals surface area contributed by atoms with E-state index >= 15 is 0 Å². The van der Waals surface area contributed by atoms with E-state index < -0.39 is 5.97 Å². The zero-order valence-corrected chi connectivity index (χ0v) is 18.2. The Hall–Kier alpha value is -3.12. The number of thioether (sulfide) groups is 1. The van der Waals surface area contributed by atoms with Gasteiger partial charge in [-0.1, -0.05) is 62.0 Å². The van der Waals surface area contributed by atoms with Crippen LogP contribution in [0.4, 0.5) is 5.82 Å². The number of amides is 1. The lowest BCUT2D eigenvalue weighted by Gasteiger charge is -2.07. The van der Waals surface area contributed by atoms with E-state index in [1.807, 2.05) is 18.2 Å². The molecule has 2 rings (SSSR count). The summed E-state index contributed by atoms with van der Waals surface area (Å²) in [5, 5.41) is 14.1. The summed E-state index contributed by atoms with van der Waals surface area (Å²) in [6.07, 6.45) is 3.67. The summed E-state index contributed by atoms with van der Waals surface area (Å²) in [5.74, 6) is -0.478. The second-order valence-corrected chi connectivity index (χ2v) is 8.06. The van der Waals surface area contributed by atoms with E-state index in [4.69, 9.17) is 0 Å². The smallest absolute Gasteiger partial charge is 0.335 e. The maximum atomic E-state index is 12.4. The van der Waals surface area contributed by atoms with Crippen LogP contribution in [0, 0.1) is 5.92 Å². The molecule has 0 saturated carbocycles. The Morgan fingerprint density at radius 3 is 2.63 bits per heavy atom. The van der Waals surface area contributed by atoms with Crippen molar-refractivity contribution >= 4 is 35.5 Å². The number of hydrogen-bond acceptors (Lipinski definition) is 4. The third-order valence-electron chi connectivity index (χ3n) is 4.38. The normalized spacial score (nSPS) is 11.7. The molecule has 0 bridgehead atoms. The Balaban J connectivity index is 2.00. The van der Waals surface area contributed by atoms with Crippen molar-refractivity contribution in [1.82, 2.24) is 4.98 Å². The van der Waals surface area contributed by atoms with Gasteiger partial charge in [-0.15, -0.1) is 0 Å². The fourth-order valence-electron chi connectivity index (χ4n) is 2.38. The van der Waals surface area contributed by atoms with Gasteiger partial charge in [0.1, 0.15) is 5.82 Å². The van der Waals surface area contributed by atoms with Gasteiger partial charge >= 0.3 is 5.97 Å². The van der Waals surface area contributed by atoms with E-state index in [9.17, 15) is 14.7 Å². The van der Waals surface area contributed by atoms with Gasteiger partial charge in [-0.3, -0.25) is 4.79 Å². The van der Waals surface area contributed by atoms with Crippen LogP contribution in [0.3, 0.4) is 0 Å². The van der Waals surface area contributed by atoms with Crippen LogP contribution in [-0.2, 0) is 11.2 Å². The van der Waals surface area contributed by atoms with Crippen molar-refractivity contribution in [3.8, 4) is 0 Å². The fraction of sp³-hybridized carbons (Fsp3) is 0.208. The monoisotopic (exact) mass is 422 g/mol. The van der Waals surface area contributed by atoms with Crippen LogP contribution in [0.1, 0.15) is 42.4 Å². The molecule has 1 heterocycles. The highest BCUT2D eigenvalue weighted by molar-refractivity contribution is 8.06. The number of allylic oxidation sites excluding steroid dienone is 2. The van der Waals surface area contributed by atoms with Crippen LogP contribution >= 0.6 is 11.8 Å². The molecule has 6 heteroatoms. The van der Waals surface area contributed by atoms with Gasteiger partial charge < -0.3 is 10.4 Å². The summed E-state index contributed by atoms with van der Waals surface area (Å²) < 4.78 is 0. The number of nitrogens with zero attached hydrogens (tertiary/aromatic N) is 1. The van der Waals surface area contributed by atoms with Crippen molar-refractivity contribution in [2.24, 2.45) is 5.92 Å². The number of anilines is 1. The number of rotatable bonds is 9. The van der Waals surface area contributed by atoms with E-state index in [0.29, 0.717) is 23.0 Å². The van der Waals surface area contributed by atoms with Crippen LogP contribution in [-0.4, -0.2) is 22.0 Å². The number of carbonyl (C=O) groups excluding carboxylic acids is 1. The van der Waals surface area contributed by atoms with Gasteiger partial charge in [-0.2, -0.15) is 0 Å². The Morgan fingerprint density at radius 2 is 1.93 bits per heavy atom. The molecule has 2 N–H and O–H groups in total. The number of aromatic carboxylic acids is 1. The van der Waals surface area contributed by atoms with E-state index in [1.165, 1.54) is 11.6 Å². The Kier molecular flexibility index (Phi) is 8.62. The molecule has 0 spiro atoms. The molecule has 0 unspecified atom stereocenters. The number of hydrogen-bond donors (Lipinski definition) is 2. The van der Waals surface area contributed by atoms with E-state index in [-0.39, 0.29) is 17.9 Å². The molecule has 0 atom stereocenters. The van der Waals surface area contributed by atoms with Gasteiger partial charge in [0.05, 0.1) is 17.7 Å². The minimum atomic E-state index is -1.06. The molecule has 0 aliphatic rings. The van der Waals surface area contributed by atoms with E-state index in [1.54, 1.807) is 42.1 Å². The molecule has 1 aromatic carbocycles. The topological polar surface area (TPSA) is 79.3 Å². The van der Waals surface area contributed by atoms with Crippen LogP contribution in [0.15, 0.2) is 71.0 Å². The summed E-state index contributed by atoms with van der Waals surface area (Å²) >= 11 is 1.56. The highest BCUT2D eigenvalue weighted by Gasteiger charge is 2.13. The van der Waals surface area contributed by atoms with Crippen molar-refractivity contribution in [1.29, 1.82) is 0 Å². The van der Waals surface area contributed by atoms with Crippen molar-refractivity contribution in [2.45, 2.75) is 27.2 Å². The van der Waals surface area contributed by atoms with Crippen molar-refractivity contribution in [3.05, 3.63) is 87.8 Å². The maximum Gasteiger partial charge on any atom is 0.335 e. The SMILES string of the molecule is C=C(/C=C/c1cccc(NC(=O)Cc2ccccc2C(=O)O)n1)S/C=C(\C)C(C)C. The zero-order chi connectivity index (χ0) is 22.1. The number of pyridine rings is 1. The molecule has 156 valence electrons. The Bertz CT molecular complexity index is 993. The third kappa shape index (κ3) is 7.37. The lowest BCUT2D eigenvalue weighted by atomic mass is 10.0. The summed E-state index contributed by atoms with van der Waals surface area (Å²) in [7, 11) is 0. The van der Waals surface area contributed by atoms with E-state index in [0.717, 1.165) is 4.91 Å². The molecule has 2 aromatic rings. The first-order valence-electron chi connectivity index (χ1n) is 9.54. The van der Waals surface area contributed by atoms with Gasteiger partial charge in [-0.25, -0.2) is 9.78 Å². The lowest BCUT2D eigenvalue weighted by molar-refractivity contribution is -0.115. The number of benzene rings is 1. The minimum absolute atomic E-state index is 0.0425. The molecular weight excluding hydrogens is 396 g/mol. The van der Waals surface area contributed by atoms with Crippen LogP contribution in [0.5, 0.6) is 0 Å². The molecule has 1 aromatic heterocycles. The molecule has 30 heavy (non-hydrogen) atoms. The molecule has 1 amide bonds. The van der Waals surface area contributed by atoms with Gasteiger partial charge in [0.15, 0.2) is 0 Å². The molecule has 0 aliphatic carbocycles. The van der Waals surface area contributed by atoms with Crippen LogP contribution in [0.25, 0.3) is 6.08 Å². The fourth-order valence-corrected chi connectivity index (χ4v) is 3.14. The van der Waals surface area contributed by atoms with Crippen LogP contribution < -0.4 is 5.32 Å². The van der Waals surface area contributed by atoms with Crippen LogP contribution in [0.2, 0.25) is 0 Å². The number of carboxylic acid groups (broad SMARTS) is 1. The van der Waals surface area contributed by atoms with E-state index in [2.05, 4.69) is 43.1 Å². The number of aromatic nitrogens is 1. The maximum absolute atomic E-state index is 12.4. The highest BCUT2D eigenvalue weighted by atomic mass is 32.2. The van der Waals surface area contributed by atoms with Gasteiger partial charge in [0.25, 0.3) is 0 Å². The minimum Gasteiger partial charge on any atom is -0.478 e. The van der Waals surface area contributed by atoms with Crippen molar-refractivity contribution in [3.63, 3.8) is 0 Å². The first-order valence-corrected chi connectivity index (χ1v) is 10.4. The molecule has 0 radical (unpaired) electrons. The van der Waals surface area contributed by atoms with Gasteiger partial charge in [0.2, 0.25) is 5.91 Å². The van der Waals surface area contributed by atoms with Crippen molar-refractivity contribution in [2.75, 3.05) is 5.32 Å². The zero-order valence-electron chi connectivity index (χ0n) is 17.4. The standard InChI is InChI=1S/C24H26N2O3S/c1-16(2)17(3)15-30-18(4)12-13-20-9-7-11-22(25-20)26-23(27)14-19-8-5-6-10-21(19)24(28)29/h5-13,15-16H,4,14H2,1-3H3,(H,28,29)(H,25,26,27)/b13-12+,17-15+. The molecule has 5 nitrogen and oxygen atoms in total. The Labute approximate surface area is 181 Å². The van der Waals surface area contributed by atoms with Crippen molar-refractivity contribution < 1.29 is 14.7 Å². The molecule has 0 fully saturated rings. The number of carboxylic acids is 1. The quantitative estimate of drug-likeness (QED) is 0.501. The average Bonchev–Trinajstić information content (AvgIpc) is 2.70. The number of nitrogens with one attached hydrogen (secondary N) is 1. The molecule has 0 saturated heterocycles. The highest BCUT2D eigenvalue weighted by Crippen LogP contribution is 2.22. The number of carbonyl (C=O) groups is 2. The van der Waals surface area contributed by atoms with Gasteiger partial charge in [0, 0.05) is 4.91 Å². The summed E-state index contributed by atoms with van der Waals surface area (Å²) in [6.45, 7) is 10.4. The molecular formula is C24H26N2O3S. The first-order chi connectivity index (χ1) is 14.3. The first kappa shape index (κ1) is 23.2. The second kappa shape index (κ2) is 11.2. The average molecular weight is 423 g/mol. The summed E-state index contributed by atoms with van der Waals surface area (Å²) in [6, 6.07) is 11.8. The third-order valence-corrected chi connectivity index (χ3v) is 5.31. The Morgan fingerprint density at radius 1 is 1.20 bits per heavy atom. The summed E-state index contributed by atoms with van der Waals surface area (Å²) in [5.41, 5.74) is 2.55. The predicted molar refractivity (Wildman–Crippen MR) is 124 cm³/mol. The predicted octanol–water partition coefficient (Wildman–Crippen LogP) is 5.78. The second-order valence-electron chi connectivity index (χ2n) is 7.07. The summed E-state index contributed by atoms with van der Waals surface area (Å²) in [4.78, 5) is 28.9. The lowest BCUT2D eigenvalue weighted by Crippen LogP contribution is -2.17. The van der Waals surface area contributed by atoms with Gasteiger partial charge in [-0.05, 0) is 54.2 Å². The molecule has 0 aliphatic heterocycles. The largest absolute Gasteiger partial charge is 0.478 e.